The summed E-state index contributed by atoms with van der Waals surface area (Å²) in [6, 6.07) is 8.12. The number of nitrogens with one attached hydrogen (secondary N) is 2. The van der Waals surface area contributed by atoms with E-state index in [1.54, 1.807) is 0 Å². The first-order valence-electron chi connectivity index (χ1n) is 9.73. The van der Waals surface area contributed by atoms with E-state index < -0.39 is 0 Å². The molecule has 1 heterocycles. The summed E-state index contributed by atoms with van der Waals surface area (Å²) in [4.78, 5) is 20.5. The molecule has 0 saturated carbocycles. The summed E-state index contributed by atoms with van der Waals surface area (Å²) in [5.41, 5.74) is 1.19. The van der Waals surface area contributed by atoms with Gasteiger partial charge < -0.3 is 20.4 Å². The molecule has 6 nitrogen and oxygen atoms in total. The summed E-state index contributed by atoms with van der Waals surface area (Å²) in [6.45, 7) is 6.03. The van der Waals surface area contributed by atoms with Crippen LogP contribution >= 0.6 is 35.6 Å². The Hall–Kier alpha value is -1.06. The van der Waals surface area contributed by atoms with Gasteiger partial charge in [0.25, 0.3) is 0 Å². The maximum Gasteiger partial charge on any atom is 0.222 e. The fourth-order valence-corrected chi connectivity index (χ4v) is 3.31. The Morgan fingerprint density at radius 3 is 2.57 bits per heavy atom. The lowest BCUT2D eigenvalue weighted by atomic mass is 10.1. The maximum atomic E-state index is 11.7. The molecule has 1 amide bonds. The van der Waals surface area contributed by atoms with Gasteiger partial charge in [0.2, 0.25) is 5.91 Å². The summed E-state index contributed by atoms with van der Waals surface area (Å²) < 4.78 is 0. The first kappa shape index (κ1) is 25.0. The van der Waals surface area contributed by atoms with Gasteiger partial charge in [-0.2, -0.15) is 0 Å². The van der Waals surface area contributed by atoms with Gasteiger partial charge in [-0.15, -0.1) is 24.0 Å². The van der Waals surface area contributed by atoms with E-state index in [0.717, 1.165) is 50.0 Å². The van der Waals surface area contributed by atoms with Crippen LogP contribution in [0.3, 0.4) is 0 Å². The highest BCUT2D eigenvalue weighted by atomic mass is 127. The SMILES string of the molecule is CCNC(=NCC(c1ccc(Cl)cc1)N(C)C)NCCCN1CCCC1=O.I. The predicted octanol–water partition coefficient (Wildman–Crippen LogP) is 3.13. The van der Waals surface area contributed by atoms with Gasteiger partial charge in [-0.1, -0.05) is 23.7 Å². The monoisotopic (exact) mass is 521 g/mol. The van der Waals surface area contributed by atoms with E-state index in [1.807, 2.05) is 17.0 Å². The highest BCUT2D eigenvalue weighted by molar-refractivity contribution is 14.0. The zero-order chi connectivity index (χ0) is 19.6. The standard InChI is InChI=1S/C20H32ClN5O.HI/c1-4-22-20(23-12-6-14-26-13-5-7-19(26)27)24-15-18(25(2)3)16-8-10-17(21)11-9-16;/h8-11,18H,4-7,12-15H2,1-3H3,(H2,22,23,24);1H. The van der Waals surface area contributed by atoms with Gasteiger partial charge in [-0.05, 0) is 51.6 Å². The van der Waals surface area contributed by atoms with Gasteiger partial charge in [0, 0.05) is 37.6 Å². The normalized spacial score (nSPS) is 15.5. The van der Waals surface area contributed by atoms with Crippen molar-refractivity contribution in [2.45, 2.75) is 32.2 Å². The number of benzene rings is 1. The number of carbonyl (C=O) groups excluding carboxylic acids is 1. The lowest BCUT2D eigenvalue weighted by Crippen LogP contribution is -2.39. The van der Waals surface area contributed by atoms with Crippen molar-refractivity contribution in [2.75, 3.05) is 46.8 Å². The molecule has 0 radical (unpaired) electrons. The van der Waals surface area contributed by atoms with Gasteiger partial charge in [0.1, 0.15) is 0 Å². The highest BCUT2D eigenvalue weighted by Gasteiger charge is 2.19. The van der Waals surface area contributed by atoms with E-state index in [9.17, 15) is 4.79 Å². The minimum Gasteiger partial charge on any atom is -0.357 e. The third kappa shape index (κ3) is 8.13. The summed E-state index contributed by atoms with van der Waals surface area (Å²) >= 11 is 6.01. The molecule has 158 valence electrons. The maximum absolute atomic E-state index is 11.7. The zero-order valence-electron chi connectivity index (χ0n) is 17.1. The Labute approximate surface area is 191 Å². The molecule has 1 aromatic rings. The number of nitrogens with zero attached hydrogens (tertiary/aromatic N) is 3. The number of halogens is 2. The Balaban J connectivity index is 0.00000392. The molecule has 0 aliphatic carbocycles. The largest absolute Gasteiger partial charge is 0.357 e. The summed E-state index contributed by atoms with van der Waals surface area (Å²) in [7, 11) is 4.12. The predicted molar refractivity (Wildman–Crippen MR) is 128 cm³/mol. The lowest BCUT2D eigenvalue weighted by Gasteiger charge is -2.24. The van der Waals surface area contributed by atoms with Gasteiger partial charge in [0.15, 0.2) is 5.96 Å². The number of aliphatic imine (C=N–C) groups is 1. The number of rotatable bonds is 9. The average molecular weight is 522 g/mol. The summed E-state index contributed by atoms with van der Waals surface area (Å²) in [6.07, 6.45) is 2.62. The molecule has 2 N–H and O–H groups in total. The molecule has 0 bridgehead atoms. The smallest absolute Gasteiger partial charge is 0.222 e. The number of hydrogen-bond acceptors (Lipinski definition) is 3. The van der Waals surface area contributed by atoms with Crippen LogP contribution in [0.1, 0.15) is 37.8 Å². The number of likely N-dealkylation sites (tertiary alicyclic amines) is 1. The first-order chi connectivity index (χ1) is 13.0. The fraction of sp³-hybridized carbons (Fsp3) is 0.600. The van der Waals surface area contributed by atoms with Crippen LogP contribution in [0.25, 0.3) is 0 Å². The van der Waals surface area contributed by atoms with Crippen molar-refractivity contribution in [1.29, 1.82) is 0 Å². The molecule has 1 atom stereocenters. The number of amides is 1. The number of carbonyl (C=O) groups is 1. The minimum atomic E-state index is 0. The van der Waals surface area contributed by atoms with Gasteiger partial charge >= 0.3 is 0 Å². The second kappa shape index (κ2) is 13.2. The van der Waals surface area contributed by atoms with Crippen LogP contribution in [0, 0.1) is 0 Å². The molecule has 8 heteroatoms. The molecule has 1 unspecified atom stereocenters. The van der Waals surface area contributed by atoms with Crippen LogP contribution in [0.2, 0.25) is 5.02 Å². The van der Waals surface area contributed by atoms with Crippen LogP contribution in [0.5, 0.6) is 0 Å². The molecule has 1 aromatic carbocycles. The Kier molecular flexibility index (Phi) is 11.8. The van der Waals surface area contributed by atoms with E-state index in [-0.39, 0.29) is 35.9 Å². The zero-order valence-corrected chi connectivity index (χ0v) is 20.2. The van der Waals surface area contributed by atoms with Crippen LogP contribution < -0.4 is 10.6 Å². The van der Waals surface area contributed by atoms with Gasteiger partial charge in [-0.25, -0.2) is 0 Å². The van der Waals surface area contributed by atoms with Crippen LogP contribution in [-0.4, -0.2) is 68.5 Å². The molecule has 1 fully saturated rings. The number of hydrogen-bond donors (Lipinski definition) is 2. The molecule has 1 saturated heterocycles. The first-order valence-corrected chi connectivity index (χ1v) is 10.1. The van der Waals surface area contributed by atoms with E-state index in [1.165, 1.54) is 5.56 Å². The quantitative estimate of drug-likeness (QED) is 0.227. The third-order valence-corrected chi connectivity index (χ3v) is 4.97. The van der Waals surface area contributed by atoms with E-state index >= 15 is 0 Å². The summed E-state index contributed by atoms with van der Waals surface area (Å²) in [5.74, 6) is 1.10. The third-order valence-electron chi connectivity index (χ3n) is 4.71. The van der Waals surface area contributed by atoms with Crippen molar-refractivity contribution in [2.24, 2.45) is 4.99 Å². The average Bonchev–Trinajstić information content (AvgIpc) is 3.05. The van der Waals surface area contributed by atoms with Crippen molar-refractivity contribution < 1.29 is 4.79 Å². The van der Waals surface area contributed by atoms with Crippen LogP contribution in [0.15, 0.2) is 29.3 Å². The molecule has 28 heavy (non-hydrogen) atoms. The summed E-state index contributed by atoms with van der Waals surface area (Å²) in [5, 5.41) is 7.41. The van der Waals surface area contributed by atoms with E-state index in [0.29, 0.717) is 13.0 Å². The van der Waals surface area contributed by atoms with Crippen molar-refractivity contribution in [1.82, 2.24) is 20.4 Å². The Morgan fingerprint density at radius 2 is 2.00 bits per heavy atom. The molecule has 0 spiro atoms. The van der Waals surface area contributed by atoms with Crippen LogP contribution in [-0.2, 0) is 4.79 Å². The minimum absolute atomic E-state index is 0. The molecular weight excluding hydrogens is 489 g/mol. The number of likely N-dealkylation sites (N-methyl/N-ethyl adjacent to an activating group) is 1. The molecule has 2 rings (SSSR count). The molecule has 1 aliphatic rings. The van der Waals surface area contributed by atoms with Crippen molar-refractivity contribution >= 4 is 47.4 Å². The molecule has 0 aromatic heterocycles. The fourth-order valence-electron chi connectivity index (χ4n) is 3.19. The van der Waals surface area contributed by atoms with E-state index in [2.05, 4.69) is 48.7 Å². The van der Waals surface area contributed by atoms with Gasteiger partial charge in [-0.3, -0.25) is 9.79 Å². The molecule has 1 aliphatic heterocycles. The highest BCUT2D eigenvalue weighted by Crippen LogP contribution is 2.20. The lowest BCUT2D eigenvalue weighted by molar-refractivity contribution is -0.127. The van der Waals surface area contributed by atoms with Crippen molar-refractivity contribution in [3.05, 3.63) is 34.9 Å². The van der Waals surface area contributed by atoms with Crippen molar-refractivity contribution in [3.8, 4) is 0 Å². The second-order valence-electron chi connectivity index (χ2n) is 7.02. The van der Waals surface area contributed by atoms with Gasteiger partial charge in [0.05, 0.1) is 12.6 Å². The number of guanidine groups is 1. The topological polar surface area (TPSA) is 60.0 Å². The van der Waals surface area contributed by atoms with Crippen LogP contribution in [0.4, 0.5) is 0 Å². The van der Waals surface area contributed by atoms with E-state index in [4.69, 9.17) is 16.6 Å². The Bertz CT molecular complexity index is 624. The molecular formula is C20H33ClIN5O. The Morgan fingerprint density at radius 1 is 1.29 bits per heavy atom. The van der Waals surface area contributed by atoms with Crippen molar-refractivity contribution in [3.63, 3.8) is 0 Å². The second-order valence-corrected chi connectivity index (χ2v) is 7.45.